The highest BCUT2D eigenvalue weighted by atomic mass is 16.2. The van der Waals surface area contributed by atoms with Gasteiger partial charge in [0.05, 0.1) is 12.0 Å². The van der Waals surface area contributed by atoms with E-state index in [9.17, 15) is 14.4 Å². The highest BCUT2D eigenvalue weighted by Gasteiger charge is 2.57. The van der Waals surface area contributed by atoms with Gasteiger partial charge < -0.3 is 15.5 Å². The fraction of sp³-hybridized carbons (Fsp3) is 0.382. The smallest absolute Gasteiger partial charge is 0.318 e. The Labute approximate surface area is 237 Å². The molecule has 0 spiro atoms. The molecule has 40 heavy (non-hydrogen) atoms. The van der Waals surface area contributed by atoms with E-state index in [1.807, 2.05) is 105 Å². The highest BCUT2D eigenvalue weighted by Crippen LogP contribution is 2.51. The van der Waals surface area contributed by atoms with Crippen molar-refractivity contribution in [3.63, 3.8) is 0 Å². The Bertz CT molecular complexity index is 1290. The molecule has 2 N–H and O–H groups in total. The molecular formula is C34H39N3O3. The Balaban J connectivity index is 1.69. The van der Waals surface area contributed by atoms with Crippen molar-refractivity contribution in [1.82, 2.24) is 15.5 Å². The summed E-state index contributed by atoms with van der Waals surface area (Å²) in [4.78, 5) is 44.5. The minimum absolute atomic E-state index is 0.0607. The number of hydrogen-bond acceptors (Lipinski definition) is 3. The topological polar surface area (TPSA) is 78.5 Å². The first-order chi connectivity index (χ1) is 19.5. The SMILES string of the molecule is CC(C)NC(=O)C1C(c2ccccc2)C(C(=O)c2ccccc2)C(c2ccccc2)N1C(=O)NC1CCCCC1. The zero-order valence-corrected chi connectivity index (χ0v) is 23.3. The molecule has 2 aliphatic rings. The molecule has 5 rings (SSSR count). The van der Waals surface area contributed by atoms with Crippen molar-refractivity contribution in [1.29, 1.82) is 0 Å². The number of likely N-dealkylation sites (tertiary alicyclic amines) is 1. The van der Waals surface area contributed by atoms with Gasteiger partial charge in [-0.05, 0) is 37.8 Å². The Hall–Kier alpha value is -3.93. The van der Waals surface area contributed by atoms with Crippen molar-refractivity contribution < 1.29 is 14.4 Å². The summed E-state index contributed by atoms with van der Waals surface area (Å²) in [7, 11) is 0. The third-order valence-electron chi connectivity index (χ3n) is 8.22. The largest absolute Gasteiger partial charge is 0.352 e. The van der Waals surface area contributed by atoms with Gasteiger partial charge in [0.2, 0.25) is 5.91 Å². The average Bonchev–Trinajstić information content (AvgIpc) is 3.35. The van der Waals surface area contributed by atoms with Crippen molar-refractivity contribution in [3.8, 4) is 0 Å². The van der Waals surface area contributed by atoms with Gasteiger partial charge in [-0.1, -0.05) is 110 Å². The van der Waals surface area contributed by atoms with Gasteiger partial charge in [-0.25, -0.2) is 4.79 Å². The summed E-state index contributed by atoms with van der Waals surface area (Å²) < 4.78 is 0. The van der Waals surface area contributed by atoms with Crippen LogP contribution in [0.4, 0.5) is 4.79 Å². The monoisotopic (exact) mass is 537 g/mol. The van der Waals surface area contributed by atoms with Crippen LogP contribution in [0.3, 0.4) is 0 Å². The van der Waals surface area contributed by atoms with Crippen molar-refractivity contribution in [2.24, 2.45) is 5.92 Å². The molecule has 0 bridgehead atoms. The summed E-state index contributed by atoms with van der Waals surface area (Å²) in [6.07, 6.45) is 5.17. The third-order valence-corrected chi connectivity index (χ3v) is 8.22. The summed E-state index contributed by atoms with van der Waals surface area (Å²) in [6, 6.07) is 26.8. The lowest BCUT2D eigenvalue weighted by Gasteiger charge is -2.34. The quantitative estimate of drug-likeness (QED) is 0.349. The molecule has 3 aromatic rings. The van der Waals surface area contributed by atoms with E-state index in [1.54, 1.807) is 4.90 Å². The second-order valence-corrected chi connectivity index (χ2v) is 11.3. The van der Waals surface area contributed by atoms with Gasteiger partial charge in [-0.15, -0.1) is 0 Å². The van der Waals surface area contributed by atoms with E-state index in [1.165, 1.54) is 6.42 Å². The molecule has 1 aliphatic carbocycles. The van der Waals surface area contributed by atoms with Crippen LogP contribution in [-0.4, -0.2) is 40.7 Å². The van der Waals surface area contributed by atoms with Crippen molar-refractivity contribution in [2.45, 2.75) is 76.0 Å². The van der Waals surface area contributed by atoms with Crippen LogP contribution in [0.2, 0.25) is 0 Å². The van der Waals surface area contributed by atoms with Crippen LogP contribution in [0.1, 0.15) is 79.4 Å². The van der Waals surface area contributed by atoms with Gasteiger partial charge in [0.1, 0.15) is 6.04 Å². The number of ketones is 1. The van der Waals surface area contributed by atoms with Gasteiger partial charge in [-0.3, -0.25) is 9.59 Å². The van der Waals surface area contributed by atoms with E-state index in [4.69, 9.17) is 0 Å². The second kappa shape index (κ2) is 12.5. The molecule has 6 heteroatoms. The number of Topliss-reactive ketones (excluding diaryl/α,β-unsaturated/α-hetero) is 1. The van der Waals surface area contributed by atoms with E-state index >= 15 is 0 Å². The van der Waals surface area contributed by atoms with Crippen molar-refractivity contribution in [2.75, 3.05) is 0 Å². The minimum atomic E-state index is -0.865. The maximum Gasteiger partial charge on any atom is 0.318 e. The van der Waals surface area contributed by atoms with Crippen LogP contribution >= 0.6 is 0 Å². The van der Waals surface area contributed by atoms with E-state index in [0.717, 1.165) is 36.8 Å². The second-order valence-electron chi connectivity index (χ2n) is 11.3. The molecule has 0 aromatic heterocycles. The lowest BCUT2D eigenvalue weighted by Crippen LogP contribution is -2.54. The van der Waals surface area contributed by atoms with Gasteiger partial charge in [0.15, 0.2) is 5.78 Å². The van der Waals surface area contributed by atoms with Crippen LogP contribution in [0, 0.1) is 5.92 Å². The molecular weight excluding hydrogens is 498 g/mol. The molecule has 0 radical (unpaired) electrons. The molecule has 3 aromatic carbocycles. The summed E-state index contributed by atoms with van der Waals surface area (Å²) in [6.45, 7) is 3.83. The third kappa shape index (κ3) is 5.81. The predicted molar refractivity (Wildman–Crippen MR) is 157 cm³/mol. The predicted octanol–water partition coefficient (Wildman–Crippen LogP) is 6.26. The summed E-state index contributed by atoms with van der Waals surface area (Å²) in [5.41, 5.74) is 2.29. The van der Waals surface area contributed by atoms with E-state index in [-0.39, 0.29) is 29.8 Å². The van der Waals surface area contributed by atoms with Crippen LogP contribution in [0.5, 0.6) is 0 Å². The number of nitrogens with one attached hydrogen (secondary N) is 2. The number of nitrogens with zero attached hydrogens (tertiary/aromatic N) is 1. The number of carbonyl (C=O) groups excluding carboxylic acids is 3. The fourth-order valence-corrected chi connectivity index (χ4v) is 6.50. The number of amides is 3. The molecule has 2 fully saturated rings. The average molecular weight is 538 g/mol. The number of urea groups is 1. The Morgan fingerprint density at radius 1 is 0.750 bits per heavy atom. The molecule has 6 nitrogen and oxygen atoms in total. The Morgan fingerprint density at radius 2 is 1.30 bits per heavy atom. The number of hydrogen-bond donors (Lipinski definition) is 2. The molecule has 1 aliphatic heterocycles. The van der Waals surface area contributed by atoms with Crippen molar-refractivity contribution in [3.05, 3.63) is 108 Å². The van der Waals surface area contributed by atoms with Gasteiger partial charge in [0, 0.05) is 23.6 Å². The van der Waals surface area contributed by atoms with Crippen LogP contribution in [0.25, 0.3) is 0 Å². The van der Waals surface area contributed by atoms with Gasteiger partial charge >= 0.3 is 6.03 Å². The maximum absolute atomic E-state index is 14.5. The number of rotatable bonds is 7. The van der Waals surface area contributed by atoms with Crippen LogP contribution in [-0.2, 0) is 4.79 Å². The Kier molecular flexibility index (Phi) is 8.63. The first kappa shape index (κ1) is 27.6. The number of carbonyl (C=O) groups is 3. The molecule has 4 atom stereocenters. The maximum atomic E-state index is 14.5. The molecule has 1 saturated carbocycles. The zero-order valence-electron chi connectivity index (χ0n) is 23.3. The lowest BCUT2D eigenvalue weighted by atomic mass is 9.76. The lowest BCUT2D eigenvalue weighted by molar-refractivity contribution is -0.126. The summed E-state index contributed by atoms with van der Waals surface area (Å²) >= 11 is 0. The molecule has 3 amide bonds. The molecule has 208 valence electrons. The normalized spacial score (nSPS) is 23.1. The highest BCUT2D eigenvalue weighted by molar-refractivity contribution is 6.01. The standard InChI is InChI=1S/C34H39N3O3/c1-23(2)35-33(39)31-28(24-15-7-3-8-16-24)29(32(38)26-19-11-5-12-20-26)30(25-17-9-4-10-18-25)37(31)34(40)36-27-21-13-6-14-22-27/h3-5,7-12,15-20,23,27-31H,6,13-14,21-22H2,1-2H3,(H,35,39)(H,36,40). The summed E-state index contributed by atoms with van der Waals surface area (Å²) in [5, 5.41) is 6.34. The Morgan fingerprint density at radius 3 is 1.88 bits per heavy atom. The first-order valence-electron chi connectivity index (χ1n) is 14.5. The molecule has 4 unspecified atom stereocenters. The van der Waals surface area contributed by atoms with Crippen LogP contribution in [0.15, 0.2) is 91.0 Å². The van der Waals surface area contributed by atoms with E-state index < -0.39 is 23.9 Å². The fourth-order valence-electron chi connectivity index (χ4n) is 6.50. The minimum Gasteiger partial charge on any atom is -0.352 e. The van der Waals surface area contributed by atoms with Gasteiger partial charge in [0.25, 0.3) is 0 Å². The first-order valence-corrected chi connectivity index (χ1v) is 14.5. The molecule has 1 saturated heterocycles. The zero-order chi connectivity index (χ0) is 28.1. The molecule has 1 heterocycles. The van der Waals surface area contributed by atoms with Crippen molar-refractivity contribution >= 4 is 17.7 Å². The van der Waals surface area contributed by atoms with E-state index in [2.05, 4.69) is 10.6 Å². The summed E-state index contributed by atoms with van der Waals surface area (Å²) in [5.74, 6) is -1.51. The van der Waals surface area contributed by atoms with Gasteiger partial charge in [-0.2, -0.15) is 0 Å². The van der Waals surface area contributed by atoms with E-state index in [0.29, 0.717) is 5.56 Å². The van der Waals surface area contributed by atoms with Crippen LogP contribution < -0.4 is 10.6 Å². The number of benzene rings is 3.